The Morgan fingerprint density at radius 2 is 1.71 bits per heavy atom. The van der Waals surface area contributed by atoms with E-state index in [-0.39, 0.29) is 0 Å². The quantitative estimate of drug-likeness (QED) is 0.698. The molecule has 0 saturated heterocycles. The average Bonchev–Trinajstić information content (AvgIpc) is 1.97. The maximum absolute atomic E-state index is 11.0. The van der Waals surface area contributed by atoms with E-state index in [0.717, 1.165) is 0 Å². The summed E-state index contributed by atoms with van der Waals surface area (Å²) in [5.74, 6) is -0.872. The molecule has 0 spiro atoms. The van der Waals surface area contributed by atoms with E-state index in [2.05, 4.69) is 0 Å². The summed E-state index contributed by atoms with van der Waals surface area (Å²) < 4.78 is 0. The molecule has 4 nitrogen and oxygen atoms in total. The zero-order chi connectivity index (χ0) is 11.6. The van der Waals surface area contributed by atoms with Crippen LogP contribution in [0.25, 0.3) is 0 Å². The lowest BCUT2D eigenvalue weighted by Gasteiger charge is -2.37. The lowest BCUT2D eigenvalue weighted by atomic mass is 10.00. The second-order valence-corrected chi connectivity index (χ2v) is 4.69. The molecule has 0 fully saturated rings. The predicted octanol–water partition coefficient (Wildman–Crippen LogP) is 0.942. The first-order valence-corrected chi connectivity index (χ1v) is 4.82. The van der Waals surface area contributed by atoms with Crippen molar-refractivity contribution in [1.29, 1.82) is 0 Å². The largest absolute Gasteiger partial charge is 0.480 e. The van der Waals surface area contributed by atoms with E-state index in [1.54, 1.807) is 32.6 Å². The Morgan fingerprint density at radius 1 is 1.29 bits per heavy atom. The van der Waals surface area contributed by atoms with Crippen LogP contribution in [0.1, 0.15) is 34.6 Å². The second kappa shape index (κ2) is 4.28. The molecule has 0 radical (unpaired) electrons. The maximum atomic E-state index is 11.0. The van der Waals surface area contributed by atoms with Gasteiger partial charge in [-0.05, 0) is 34.2 Å². The van der Waals surface area contributed by atoms with Gasteiger partial charge in [0.15, 0.2) is 0 Å². The summed E-state index contributed by atoms with van der Waals surface area (Å²) in [6, 6.07) is 0. The fourth-order valence-corrected chi connectivity index (χ4v) is 1.31. The number of nitrogens with zero attached hydrogens (tertiary/aromatic N) is 1. The van der Waals surface area contributed by atoms with Crippen molar-refractivity contribution >= 4 is 5.97 Å². The first-order valence-electron chi connectivity index (χ1n) is 4.82. The van der Waals surface area contributed by atoms with E-state index >= 15 is 0 Å². The molecule has 0 bridgehead atoms. The van der Waals surface area contributed by atoms with Crippen LogP contribution in [0.3, 0.4) is 0 Å². The van der Waals surface area contributed by atoms with E-state index < -0.39 is 17.1 Å². The first kappa shape index (κ1) is 13.4. The zero-order valence-electron chi connectivity index (χ0n) is 9.66. The van der Waals surface area contributed by atoms with Gasteiger partial charge >= 0.3 is 5.97 Å². The van der Waals surface area contributed by atoms with E-state index in [0.29, 0.717) is 13.1 Å². The molecule has 0 saturated carbocycles. The number of aliphatic carboxylic acids is 1. The third-order valence-electron chi connectivity index (χ3n) is 2.27. The number of carbonyl (C=O) groups is 1. The molecule has 0 heterocycles. The molecule has 0 aromatic rings. The molecule has 0 aliphatic heterocycles. The van der Waals surface area contributed by atoms with E-state index in [1.807, 2.05) is 6.92 Å². The number of carboxylic acid groups (broad SMARTS) is 1. The maximum Gasteiger partial charge on any atom is 0.323 e. The van der Waals surface area contributed by atoms with Crippen molar-refractivity contribution in [3.63, 3.8) is 0 Å². The van der Waals surface area contributed by atoms with Gasteiger partial charge in [0.2, 0.25) is 0 Å². The van der Waals surface area contributed by atoms with Gasteiger partial charge in [-0.3, -0.25) is 9.69 Å². The molecule has 2 N–H and O–H groups in total. The molecule has 0 aliphatic rings. The van der Waals surface area contributed by atoms with Crippen LogP contribution in [-0.4, -0.2) is 45.3 Å². The fourth-order valence-electron chi connectivity index (χ4n) is 1.31. The molecule has 0 aliphatic carbocycles. The van der Waals surface area contributed by atoms with Crippen LogP contribution in [0.2, 0.25) is 0 Å². The highest BCUT2D eigenvalue weighted by Crippen LogP contribution is 2.17. The van der Waals surface area contributed by atoms with Crippen LogP contribution < -0.4 is 0 Å². The Balaban J connectivity index is 4.65. The van der Waals surface area contributed by atoms with Crippen molar-refractivity contribution in [1.82, 2.24) is 4.90 Å². The van der Waals surface area contributed by atoms with Crippen LogP contribution in [0.4, 0.5) is 0 Å². The highest BCUT2D eigenvalue weighted by Gasteiger charge is 2.35. The van der Waals surface area contributed by atoms with Gasteiger partial charge < -0.3 is 10.2 Å². The molecular formula is C10H21NO3. The van der Waals surface area contributed by atoms with Crippen LogP contribution in [0.15, 0.2) is 0 Å². The number of rotatable bonds is 5. The third kappa shape index (κ3) is 3.64. The summed E-state index contributed by atoms with van der Waals surface area (Å²) >= 11 is 0. The molecule has 0 aromatic heterocycles. The Labute approximate surface area is 85.5 Å². The highest BCUT2D eigenvalue weighted by atomic mass is 16.4. The molecule has 4 heteroatoms. The van der Waals surface area contributed by atoms with Gasteiger partial charge in [0.25, 0.3) is 0 Å². The Kier molecular flexibility index (Phi) is 4.09. The number of likely N-dealkylation sites (N-methyl/N-ethyl adjacent to an activating group) is 1. The monoisotopic (exact) mass is 203 g/mol. The minimum atomic E-state index is -0.936. The predicted molar refractivity (Wildman–Crippen MR) is 55.3 cm³/mol. The van der Waals surface area contributed by atoms with Crippen molar-refractivity contribution in [2.45, 2.75) is 45.8 Å². The van der Waals surface area contributed by atoms with Crippen LogP contribution in [-0.2, 0) is 4.79 Å². The third-order valence-corrected chi connectivity index (χ3v) is 2.27. The first-order chi connectivity index (χ1) is 6.11. The minimum Gasteiger partial charge on any atom is -0.480 e. The Bertz CT molecular complexity index is 206. The number of hydrogen-bond donors (Lipinski definition) is 2. The van der Waals surface area contributed by atoms with Crippen molar-refractivity contribution < 1.29 is 15.0 Å². The molecule has 0 atom stereocenters. The van der Waals surface area contributed by atoms with E-state index in [1.165, 1.54) is 0 Å². The molecule has 0 aromatic carbocycles. The van der Waals surface area contributed by atoms with Gasteiger partial charge in [0, 0.05) is 6.54 Å². The van der Waals surface area contributed by atoms with Crippen molar-refractivity contribution in [2.24, 2.45) is 0 Å². The number of hydrogen-bond acceptors (Lipinski definition) is 3. The van der Waals surface area contributed by atoms with Gasteiger partial charge in [0.05, 0.1) is 5.60 Å². The van der Waals surface area contributed by atoms with Gasteiger partial charge in [-0.1, -0.05) is 6.92 Å². The average molecular weight is 203 g/mol. The number of carboxylic acids is 1. The smallest absolute Gasteiger partial charge is 0.323 e. The Morgan fingerprint density at radius 3 is 1.93 bits per heavy atom. The van der Waals surface area contributed by atoms with Crippen LogP contribution >= 0.6 is 0 Å². The van der Waals surface area contributed by atoms with Gasteiger partial charge in [-0.15, -0.1) is 0 Å². The minimum absolute atomic E-state index is 0.350. The van der Waals surface area contributed by atoms with Crippen molar-refractivity contribution in [2.75, 3.05) is 13.1 Å². The fraction of sp³-hybridized carbons (Fsp3) is 0.900. The second-order valence-electron chi connectivity index (χ2n) is 4.69. The molecule has 14 heavy (non-hydrogen) atoms. The number of β-amino-alcohol motifs (C(OH)–C–C–N with tert-alkyl or cyclic N) is 1. The van der Waals surface area contributed by atoms with Gasteiger partial charge in [-0.2, -0.15) is 0 Å². The molecule has 0 rings (SSSR count). The molecule has 0 amide bonds. The van der Waals surface area contributed by atoms with Crippen molar-refractivity contribution in [3.8, 4) is 0 Å². The normalized spacial score (nSPS) is 13.4. The van der Waals surface area contributed by atoms with Crippen LogP contribution in [0.5, 0.6) is 0 Å². The SMILES string of the molecule is CCN(CC(C)(C)O)C(C)(C)C(=O)O. The lowest BCUT2D eigenvalue weighted by Crippen LogP contribution is -2.54. The topological polar surface area (TPSA) is 60.8 Å². The van der Waals surface area contributed by atoms with E-state index in [4.69, 9.17) is 5.11 Å². The summed E-state index contributed by atoms with van der Waals surface area (Å²) in [6.45, 7) is 9.47. The van der Waals surface area contributed by atoms with Gasteiger partial charge in [-0.25, -0.2) is 0 Å². The molecular weight excluding hydrogens is 182 g/mol. The summed E-state index contributed by atoms with van der Waals surface area (Å²) in [5.41, 5.74) is -1.81. The van der Waals surface area contributed by atoms with E-state index in [9.17, 15) is 9.90 Å². The standard InChI is InChI=1S/C10H21NO3/c1-6-11(7-9(2,3)14)10(4,5)8(12)13/h14H,6-7H2,1-5H3,(H,12,13). The summed E-state index contributed by atoms with van der Waals surface area (Å²) in [6.07, 6.45) is 0. The number of aliphatic hydroxyl groups is 1. The van der Waals surface area contributed by atoms with Crippen molar-refractivity contribution in [3.05, 3.63) is 0 Å². The molecule has 0 unspecified atom stereocenters. The zero-order valence-corrected chi connectivity index (χ0v) is 9.66. The lowest BCUT2D eigenvalue weighted by molar-refractivity contribution is -0.150. The molecule has 84 valence electrons. The Hall–Kier alpha value is -0.610. The summed E-state index contributed by atoms with van der Waals surface area (Å²) in [5, 5.41) is 18.6. The highest BCUT2D eigenvalue weighted by molar-refractivity contribution is 5.77. The van der Waals surface area contributed by atoms with Crippen LogP contribution in [0, 0.1) is 0 Å². The summed E-state index contributed by atoms with van der Waals surface area (Å²) in [7, 11) is 0. The van der Waals surface area contributed by atoms with Gasteiger partial charge in [0.1, 0.15) is 5.54 Å². The summed E-state index contributed by atoms with van der Waals surface area (Å²) in [4.78, 5) is 12.7.